The van der Waals surface area contributed by atoms with Gasteiger partial charge in [0.2, 0.25) is 10.0 Å². The summed E-state index contributed by atoms with van der Waals surface area (Å²) in [6.45, 7) is 0.110. The van der Waals surface area contributed by atoms with Crippen LogP contribution in [0.15, 0.2) is 36.7 Å². The Kier molecular flexibility index (Phi) is 5.06. The molecule has 1 aliphatic rings. The molecule has 1 N–H and O–H groups in total. The molecule has 0 aliphatic heterocycles. The van der Waals surface area contributed by atoms with E-state index in [9.17, 15) is 12.8 Å². The van der Waals surface area contributed by atoms with E-state index in [-0.39, 0.29) is 24.7 Å². The molecule has 0 radical (unpaired) electrons. The Morgan fingerprint density at radius 2 is 1.96 bits per heavy atom. The van der Waals surface area contributed by atoms with Crippen LogP contribution >= 0.6 is 0 Å². The zero-order chi connectivity index (χ0) is 17.0. The third-order valence-corrected chi connectivity index (χ3v) is 4.94. The molecule has 1 aromatic carbocycles. The van der Waals surface area contributed by atoms with Gasteiger partial charge in [-0.15, -0.1) is 0 Å². The molecule has 24 heavy (non-hydrogen) atoms. The van der Waals surface area contributed by atoms with Crippen molar-refractivity contribution in [1.82, 2.24) is 14.7 Å². The van der Waals surface area contributed by atoms with Crippen molar-refractivity contribution in [2.24, 2.45) is 0 Å². The minimum atomic E-state index is -3.49. The monoisotopic (exact) mass is 351 g/mol. The second-order valence-corrected chi connectivity index (χ2v) is 7.58. The van der Waals surface area contributed by atoms with Crippen molar-refractivity contribution in [2.45, 2.75) is 25.3 Å². The van der Waals surface area contributed by atoms with Crippen LogP contribution in [0.3, 0.4) is 0 Å². The third-order valence-electron chi connectivity index (χ3n) is 3.65. The second kappa shape index (κ2) is 7.23. The molecule has 0 atom stereocenters. The summed E-state index contributed by atoms with van der Waals surface area (Å²) < 4.78 is 44.5. The van der Waals surface area contributed by atoms with Crippen LogP contribution in [0.25, 0.3) is 0 Å². The van der Waals surface area contributed by atoms with Crippen molar-refractivity contribution in [3.63, 3.8) is 0 Å². The number of halogens is 1. The molecule has 0 amide bonds. The molecule has 1 aliphatic carbocycles. The smallest absolute Gasteiger partial charge is 0.215 e. The summed E-state index contributed by atoms with van der Waals surface area (Å²) in [5, 5.41) is 0. The van der Waals surface area contributed by atoms with E-state index in [1.807, 2.05) is 6.07 Å². The van der Waals surface area contributed by atoms with Gasteiger partial charge < -0.3 is 4.74 Å². The minimum absolute atomic E-state index is 0.0158. The number of nitrogens with zero attached hydrogens (tertiary/aromatic N) is 2. The summed E-state index contributed by atoms with van der Waals surface area (Å²) in [6, 6.07) is 7.27. The lowest BCUT2D eigenvalue weighted by atomic mass is 10.2. The Balaban J connectivity index is 1.47. The molecule has 1 saturated carbocycles. The van der Waals surface area contributed by atoms with Crippen molar-refractivity contribution in [2.75, 3.05) is 12.4 Å². The van der Waals surface area contributed by atoms with E-state index in [1.165, 1.54) is 30.6 Å². The van der Waals surface area contributed by atoms with Gasteiger partial charge in [-0.1, -0.05) is 0 Å². The average Bonchev–Trinajstić information content (AvgIpc) is 3.40. The Labute approximate surface area is 140 Å². The topological polar surface area (TPSA) is 81.2 Å². The van der Waals surface area contributed by atoms with Gasteiger partial charge in [-0.05, 0) is 43.2 Å². The first-order chi connectivity index (χ1) is 11.5. The van der Waals surface area contributed by atoms with Gasteiger partial charge in [-0.2, -0.15) is 0 Å². The standard InChI is InChI=1S/C16H18FN3O3S/c17-13-3-5-15(6-4-13)23-7-8-24(21,22)20-10-14-9-16(12-1-2-12)19-11-18-14/h3-6,9,11-12,20H,1-2,7-8,10H2. The van der Waals surface area contributed by atoms with Gasteiger partial charge in [0.1, 0.15) is 24.5 Å². The number of sulfonamides is 1. The molecule has 6 nitrogen and oxygen atoms in total. The zero-order valence-electron chi connectivity index (χ0n) is 13.0. The maximum atomic E-state index is 12.8. The molecule has 1 aromatic heterocycles. The fourth-order valence-electron chi connectivity index (χ4n) is 2.17. The fraction of sp³-hybridized carbons (Fsp3) is 0.375. The molecule has 3 rings (SSSR count). The lowest BCUT2D eigenvalue weighted by molar-refractivity contribution is 0.339. The quantitative estimate of drug-likeness (QED) is 0.787. The number of hydrogen-bond acceptors (Lipinski definition) is 5. The van der Waals surface area contributed by atoms with Crippen molar-refractivity contribution in [3.05, 3.63) is 53.9 Å². The van der Waals surface area contributed by atoms with E-state index in [0.29, 0.717) is 17.4 Å². The van der Waals surface area contributed by atoms with Crippen molar-refractivity contribution in [3.8, 4) is 5.75 Å². The van der Waals surface area contributed by atoms with Crippen LogP contribution in [0.4, 0.5) is 4.39 Å². The molecule has 8 heteroatoms. The van der Waals surface area contributed by atoms with Gasteiger partial charge >= 0.3 is 0 Å². The number of rotatable bonds is 8. The van der Waals surface area contributed by atoms with Crippen molar-refractivity contribution >= 4 is 10.0 Å². The van der Waals surface area contributed by atoms with E-state index in [4.69, 9.17) is 4.74 Å². The van der Waals surface area contributed by atoms with Gasteiger partial charge in [-0.3, -0.25) is 0 Å². The Hall–Kier alpha value is -2.06. The molecule has 0 unspecified atom stereocenters. The largest absolute Gasteiger partial charge is 0.492 e. The van der Waals surface area contributed by atoms with Crippen LogP contribution in [0, 0.1) is 5.82 Å². The van der Waals surface area contributed by atoms with Gasteiger partial charge in [0, 0.05) is 11.6 Å². The third kappa shape index (κ3) is 4.97. The summed E-state index contributed by atoms with van der Waals surface area (Å²) in [7, 11) is -3.49. The molecule has 1 heterocycles. The van der Waals surface area contributed by atoms with Gasteiger partial charge in [0.05, 0.1) is 18.0 Å². The first-order valence-corrected chi connectivity index (χ1v) is 9.33. The SMILES string of the molecule is O=S(=O)(CCOc1ccc(F)cc1)NCc1cc(C2CC2)ncn1. The number of benzene rings is 1. The van der Waals surface area contributed by atoms with Crippen LogP contribution in [-0.2, 0) is 16.6 Å². The van der Waals surface area contributed by atoms with E-state index < -0.39 is 10.0 Å². The number of nitrogens with one attached hydrogen (secondary N) is 1. The lowest BCUT2D eigenvalue weighted by Gasteiger charge is -2.08. The van der Waals surface area contributed by atoms with Crippen LogP contribution in [-0.4, -0.2) is 30.7 Å². The van der Waals surface area contributed by atoms with Crippen LogP contribution in [0.1, 0.15) is 30.1 Å². The number of hydrogen-bond donors (Lipinski definition) is 1. The molecule has 1 fully saturated rings. The summed E-state index contributed by atoms with van der Waals surface area (Å²) in [5.74, 6) is 0.362. The minimum Gasteiger partial charge on any atom is -0.492 e. The zero-order valence-corrected chi connectivity index (χ0v) is 13.8. The van der Waals surface area contributed by atoms with Gasteiger partial charge in [0.15, 0.2) is 0 Å². The number of ether oxygens (including phenoxy) is 1. The van der Waals surface area contributed by atoms with E-state index >= 15 is 0 Å². The summed E-state index contributed by atoms with van der Waals surface area (Å²) in [4.78, 5) is 8.28. The highest BCUT2D eigenvalue weighted by Gasteiger charge is 2.25. The maximum absolute atomic E-state index is 12.8. The Morgan fingerprint density at radius 1 is 1.21 bits per heavy atom. The summed E-state index contributed by atoms with van der Waals surface area (Å²) >= 11 is 0. The predicted molar refractivity (Wildman–Crippen MR) is 86.5 cm³/mol. The maximum Gasteiger partial charge on any atom is 0.215 e. The predicted octanol–water partition coefficient (Wildman–Crippen LogP) is 1.99. The highest BCUT2D eigenvalue weighted by molar-refractivity contribution is 7.89. The normalized spacial score (nSPS) is 14.5. The molecule has 128 valence electrons. The van der Waals surface area contributed by atoms with Crippen LogP contribution in [0.2, 0.25) is 0 Å². The lowest BCUT2D eigenvalue weighted by Crippen LogP contribution is -2.29. The molecule has 2 aromatic rings. The first kappa shape index (κ1) is 16.8. The van der Waals surface area contributed by atoms with Crippen molar-refractivity contribution in [1.29, 1.82) is 0 Å². The molecule has 0 spiro atoms. The van der Waals surface area contributed by atoms with Crippen LogP contribution in [0.5, 0.6) is 5.75 Å². The van der Waals surface area contributed by atoms with Crippen molar-refractivity contribution < 1.29 is 17.5 Å². The molecule has 0 saturated heterocycles. The highest BCUT2D eigenvalue weighted by Crippen LogP contribution is 2.38. The molecule has 0 bridgehead atoms. The Morgan fingerprint density at radius 3 is 2.67 bits per heavy atom. The van der Waals surface area contributed by atoms with Crippen LogP contribution < -0.4 is 9.46 Å². The second-order valence-electron chi connectivity index (χ2n) is 5.65. The molecular weight excluding hydrogens is 333 g/mol. The van der Waals surface area contributed by atoms with E-state index in [1.54, 1.807) is 0 Å². The highest BCUT2D eigenvalue weighted by atomic mass is 32.2. The Bertz CT molecular complexity index is 792. The first-order valence-electron chi connectivity index (χ1n) is 7.68. The summed E-state index contributed by atoms with van der Waals surface area (Å²) in [6.07, 6.45) is 3.72. The molecular formula is C16H18FN3O3S. The van der Waals surface area contributed by atoms with E-state index in [2.05, 4.69) is 14.7 Å². The summed E-state index contributed by atoms with van der Waals surface area (Å²) in [5.41, 5.74) is 1.62. The van der Waals surface area contributed by atoms with E-state index in [0.717, 1.165) is 18.5 Å². The van der Waals surface area contributed by atoms with Gasteiger partial charge in [0.25, 0.3) is 0 Å². The number of aromatic nitrogens is 2. The fourth-order valence-corrected chi connectivity index (χ4v) is 2.98. The average molecular weight is 351 g/mol. The van der Waals surface area contributed by atoms with Gasteiger partial charge in [-0.25, -0.2) is 27.5 Å².